The van der Waals surface area contributed by atoms with E-state index in [1.165, 1.54) is 18.3 Å². The summed E-state index contributed by atoms with van der Waals surface area (Å²) in [6.07, 6.45) is 1.41. The highest BCUT2D eigenvalue weighted by molar-refractivity contribution is 7.89. The molecule has 0 aliphatic rings. The van der Waals surface area contributed by atoms with Gasteiger partial charge in [-0.05, 0) is 24.3 Å². The van der Waals surface area contributed by atoms with Crippen molar-refractivity contribution in [3.63, 3.8) is 0 Å². The maximum atomic E-state index is 12.0. The van der Waals surface area contributed by atoms with Crippen molar-refractivity contribution in [3.05, 3.63) is 58.3 Å². The minimum Gasteiger partial charge on any atom is -0.369 e. The van der Waals surface area contributed by atoms with Gasteiger partial charge in [-0.25, -0.2) is 18.1 Å². The standard InChI is InChI=1S/C14H13N5O4S/c15-9-11-1-6-14(17-10-11)16-7-8-18-24(22,23)13-4-2-12(3-5-13)19(20)21/h1-6,10,18H,7-8H2,(H,16,17). The van der Waals surface area contributed by atoms with Crippen LogP contribution in [0.1, 0.15) is 5.56 Å². The first-order valence-corrected chi connectivity index (χ1v) is 8.25. The number of nitrogens with zero attached hydrogens (tertiary/aromatic N) is 3. The number of sulfonamides is 1. The van der Waals surface area contributed by atoms with Crippen molar-refractivity contribution in [1.29, 1.82) is 5.26 Å². The van der Waals surface area contributed by atoms with Crippen LogP contribution in [-0.2, 0) is 10.0 Å². The van der Waals surface area contributed by atoms with E-state index in [2.05, 4.69) is 15.0 Å². The molecule has 1 aromatic heterocycles. The van der Waals surface area contributed by atoms with Gasteiger partial charge < -0.3 is 5.32 Å². The van der Waals surface area contributed by atoms with Gasteiger partial charge in [0, 0.05) is 31.4 Å². The van der Waals surface area contributed by atoms with Crippen LogP contribution in [0.5, 0.6) is 0 Å². The number of aromatic nitrogens is 1. The Morgan fingerprint density at radius 2 is 1.88 bits per heavy atom. The lowest BCUT2D eigenvalue weighted by molar-refractivity contribution is -0.384. The van der Waals surface area contributed by atoms with Gasteiger partial charge in [-0.15, -0.1) is 0 Å². The summed E-state index contributed by atoms with van der Waals surface area (Å²) < 4.78 is 26.5. The predicted molar refractivity (Wildman–Crippen MR) is 85.7 cm³/mol. The molecule has 10 heteroatoms. The summed E-state index contributed by atoms with van der Waals surface area (Å²) in [6, 6.07) is 9.77. The van der Waals surface area contributed by atoms with Crippen molar-refractivity contribution in [2.45, 2.75) is 4.90 Å². The number of nitriles is 1. The molecule has 0 bridgehead atoms. The van der Waals surface area contributed by atoms with Crippen molar-refractivity contribution in [3.8, 4) is 6.07 Å². The smallest absolute Gasteiger partial charge is 0.269 e. The summed E-state index contributed by atoms with van der Waals surface area (Å²) in [7, 11) is -3.74. The van der Waals surface area contributed by atoms with Crippen molar-refractivity contribution < 1.29 is 13.3 Å². The molecular weight excluding hydrogens is 334 g/mol. The molecule has 0 atom stereocenters. The fourth-order valence-corrected chi connectivity index (χ4v) is 2.80. The maximum Gasteiger partial charge on any atom is 0.269 e. The third-order valence-corrected chi connectivity index (χ3v) is 4.45. The molecule has 0 unspecified atom stereocenters. The average Bonchev–Trinajstić information content (AvgIpc) is 2.59. The van der Waals surface area contributed by atoms with Crippen LogP contribution in [0.2, 0.25) is 0 Å². The molecule has 0 aliphatic heterocycles. The van der Waals surface area contributed by atoms with Crippen LogP contribution in [0.3, 0.4) is 0 Å². The Hall–Kier alpha value is -3.03. The largest absolute Gasteiger partial charge is 0.369 e. The molecule has 124 valence electrons. The molecule has 0 spiro atoms. The van der Waals surface area contributed by atoms with E-state index in [1.54, 1.807) is 12.1 Å². The van der Waals surface area contributed by atoms with Gasteiger partial charge in [0.05, 0.1) is 15.4 Å². The molecule has 2 N–H and O–H groups in total. The van der Waals surface area contributed by atoms with E-state index in [0.717, 1.165) is 12.1 Å². The maximum absolute atomic E-state index is 12.0. The van der Waals surface area contributed by atoms with Gasteiger partial charge in [0.15, 0.2) is 0 Å². The van der Waals surface area contributed by atoms with Crippen LogP contribution < -0.4 is 10.0 Å². The normalized spacial score (nSPS) is 10.8. The van der Waals surface area contributed by atoms with Gasteiger partial charge in [0.25, 0.3) is 5.69 Å². The number of pyridine rings is 1. The van der Waals surface area contributed by atoms with Crippen molar-refractivity contribution in [1.82, 2.24) is 9.71 Å². The van der Waals surface area contributed by atoms with E-state index >= 15 is 0 Å². The summed E-state index contributed by atoms with van der Waals surface area (Å²) in [5.74, 6) is 0.517. The molecule has 0 fully saturated rings. The number of non-ortho nitro benzene ring substituents is 1. The van der Waals surface area contributed by atoms with Gasteiger partial charge in [0.2, 0.25) is 10.0 Å². The van der Waals surface area contributed by atoms with Crippen molar-refractivity contribution in [2.24, 2.45) is 0 Å². The number of nitrogens with one attached hydrogen (secondary N) is 2. The lowest BCUT2D eigenvalue weighted by atomic mass is 10.3. The van der Waals surface area contributed by atoms with E-state index in [9.17, 15) is 18.5 Å². The minimum atomic E-state index is -3.74. The molecule has 2 rings (SSSR count). The Labute approximate surface area is 138 Å². The third-order valence-electron chi connectivity index (χ3n) is 2.97. The molecule has 1 heterocycles. The van der Waals surface area contributed by atoms with Gasteiger partial charge in [-0.2, -0.15) is 5.26 Å². The summed E-state index contributed by atoms with van der Waals surface area (Å²) in [4.78, 5) is 13.9. The van der Waals surface area contributed by atoms with Gasteiger partial charge >= 0.3 is 0 Å². The molecule has 0 saturated carbocycles. The molecule has 0 radical (unpaired) electrons. The second-order valence-corrected chi connectivity index (χ2v) is 6.39. The molecule has 9 nitrogen and oxygen atoms in total. The zero-order valence-electron chi connectivity index (χ0n) is 12.3. The van der Waals surface area contributed by atoms with E-state index in [-0.39, 0.29) is 23.7 Å². The zero-order chi connectivity index (χ0) is 17.6. The van der Waals surface area contributed by atoms with E-state index in [0.29, 0.717) is 11.4 Å². The number of hydrogen-bond donors (Lipinski definition) is 2. The fraction of sp³-hybridized carbons (Fsp3) is 0.143. The van der Waals surface area contributed by atoms with Crippen molar-refractivity contribution in [2.75, 3.05) is 18.4 Å². The number of benzene rings is 1. The van der Waals surface area contributed by atoms with Crippen LogP contribution in [0.4, 0.5) is 11.5 Å². The highest BCUT2D eigenvalue weighted by atomic mass is 32.2. The zero-order valence-corrected chi connectivity index (χ0v) is 13.2. The van der Waals surface area contributed by atoms with Gasteiger partial charge in [-0.3, -0.25) is 10.1 Å². The summed E-state index contributed by atoms with van der Waals surface area (Å²) in [5, 5.41) is 22.1. The molecule has 0 aliphatic carbocycles. The summed E-state index contributed by atoms with van der Waals surface area (Å²) in [5.41, 5.74) is 0.252. The van der Waals surface area contributed by atoms with Crippen molar-refractivity contribution >= 4 is 21.5 Å². The minimum absolute atomic E-state index is 0.0513. The lowest BCUT2D eigenvalue weighted by Gasteiger charge is -2.08. The monoisotopic (exact) mass is 347 g/mol. The number of rotatable bonds is 7. The van der Waals surface area contributed by atoms with Gasteiger partial charge in [0.1, 0.15) is 11.9 Å². The quantitative estimate of drug-likeness (QED) is 0.436. The number of nitro groups is 1. The first-order valence-electron chi connectivity index (χ1n) is 6.76. The molecule has 24 heavy (non-hydrogen) atoms. The molecule has 0 amide bonds. The van der Waals surface area contributed by atoms with Crippen LogP contribution >= 0.6 is 0 Å². The Kier molecular flexibility index (Phi) is 5.41. The highest BCUT2D eigenvalue weighted by Crippen LogP contribution is 2.15. The molecule has 0 saturated heterocycles. The highest BCUT2D eigenvalue weighted by Gasteiger charge is 2.15. The van der Waals surface area contributed by atoms with Crippen LogP contribution in [0.25, 0.3) is 0 Å². The SMILES string of the molecule is N#Cc1ccc(NCCNS(=O)(=O)c2ccc([N+](=O)[O-])cc2)nc1. The topological polar surface area (TPSA) is 138 Å². The second kappa shape index (κ2) is 7.49. The third kappa shape index (κ3) is 4.48. The van der Waals surface area contributed by atoms with E-state index in [4.69, 9.17) is 5.26 Å². The molecule has 2 aromatic rings. The van der Waals surface area contributed by atoms with Gasteiger partial charge in [-0.1, -0.05) is 0 Å². The van der Waals surface area contributed by atoms with E-state index in [1.807, 2.05) is 6.07 Å². The van der Waals surface area contributed by atoms with Crippen LogP contribution in [0.15, 0.2) is 47.5 Å². The predicted octanol–water partition coefficient (Wildman–Crippen LogP) is 1.25. The lowest BCUT2D eigenvalue weighted by Crippen LogP contribution is -2.29. The van der Waals surface area contributed by atoms with Crippen LogP contribution in [-0.4, -0.2) is 31.4 Å². The number of nitro benzene ring substituents is 1. The number of hydrogen-bond acceptors (Lipinski definition) is 7. The Balaban J connectivity index is 1.88. The van der Waals surface area contributed by atoms with E-state index < -0.39 is 14.9 Å². The fourth-order valence-electron chi connectivity index (χ4n) is 1.77. The summed E-state index contributed by atoms with van der Waals surface area (Å²) >= 11 is 0. The molecule has 1 aromatic carbocycles. The molecular formula is C14H13N5O4S. The average molecular weight is 347 g/mol. The van der Waals surface area contributed by atoms with Crippen LogP contribution in [0, 0.1) is 21.4 Å². The second-order valence-electron chi connectivity index (χ2n) is 4.62. The first-order chi connectivity index (χ1) is 11.4. The number of anilines is 1. The first kappa shape index (κ1) is 17.3. The summed E-state index contributed by atoms with van der Waals surface area (Å²) in [6.45, 7) is 0.381. The Morgan fingerprint density at radius 1 is 1.17 bits per heavy atom. The Bertz CT molecular complexity index is 858. The Morgan fingerprint density at radius 3 is 2.42 bits per heavy atom.